The first-order valence-electron chi connectivity index (χ1n) is 9.50. The molecule has 0 bridgehead atoms. The van der Waals surface area contributed by atoms with Gasteiger partial charge in [0.05, 0.1) is 0 Å². The summed E-state index contributed by atoms with van der Waals surface area (Å²) in [5.74, 6) is 1.52. The van der Waals surface area contributed by atoms with Gasteiger partial charge in [-0.15, -0.1) is 0 Å². The lowest BCUT2D eigenvalue weighted by atomic mass is 9.64. The molecular weight excluding hydrogens is 264 g/mol. The van der Waals surface area contributed by atoms with Crippen molar-refractivity contribution in [2.75, 3.05) is 0 Å². The second kappa shape index (κ2) is 6.02. The molecule has 0 heterocycles. The van der Waals surface area contributed by atoms with Gasteiger partial charge in [0.25, 0.3) is 0 Å². The highest BCUT2D eigenvalue weighted by Crippen LogP contribution is 2.49. The van der Waals surface area contributed by atoms with Crippen molar-refractivity contribution in [3.8, 4) is 0 Å². The number of benzene rings is 1. The Morgan fingerprint density at radius 1 is 0.636 bits per heavy atom. The monoisotopic (exact) mass is 298 g/mol. The van der Waals surface area contributed by atoms with Crippen LogP contribution in [0.1, 0.15) is 102 Å². The first kappa shape index (κ1) is 16.1. The van der Waals surface area contributed by atoms with Crippen molar-refractivity contribution in [2.24, 2.45) is 10.8 Å². The molecule has 0 saturated heterocycles. The van der Waals surface area contributed by atoms with Crippen LogP contribution in [0, 0.1) is 10.8 Å². The molecular formula is C22H34. The summed E-state index contributed by atoms with van der Waals surface area (Å²) in [5, 5.41) is 0. The molecule has 22 heavy (non-hydrogen) atoms. The van der Waals surface area contributed by atoms with Crippen molar-refractivity contribution in [2.45, 2.75) is 90.9 Å². The summed E-state index contributed by atoms with van der Waals surface area (Å²) in [5.41, 5.74) is 4.12. The van der Waals surface area contributed by atoms with Gasteiger partial charge in [-0.3, -0.25) is 0 Å². The fraction of sp³-hybridized carbons (Fsp3) is 0.727. The Bertz CT molecular complexity index is 444. The van der Waals surface area contributed by atoms with Crippen LogP contribution in [0.4, 0.5) is 0 Å². The summed E-state index contributed by atoms with van der Waals surface area (Å²) in [4.78, 5) is 0. The van der Waals surface area contributed by atoms with Crippen molar-refractivity contribution in [3.05, 3.63) is 35.4 Å². The molecule has 2 unspecified atom stereocenters. The van der Waals surface area contributed by atoms with Gasteiger partial charge in [-0.25, -0.2) is 0 Å². The van der Waals surface area contributed by atoms with Crippen LogP contribution < -0.4 is 0 Å². The first-order valence-corrected chi connectivity index (χ1v) is 9.50. The molecule has 0 amide bonds. The van der Waals surface area contributed by atoms with Crippen LogP contribution in [0.3, 0.4) is 0 Å². The summed E-state index contributed by atoms with van der Waals surface area (Å²) >= 11 is 0. The van der Waals surface area contributed by atoms with Gasteiger partial charge < -0.3 is 0 Å². The molecule has 2 aliphatic carbocycles. The number of rotatable bonds is 2. The molecule has 0 radical (unpaired) electrons. The van der Waals surface area contributed by atoms with Gasteiger partial charge in [0.1, 0.15) is 0 Å². The third-order valence-electron chi connectivity index (χ3n) is 6.76. The van der Waals surface area contributed by atoms with Gasteiger partial charge in [0.15, 0.2) is 0 Å². The van der Waals surface area contributed by atoms with Crippen molar-refractivity contribution in [1.29, 1.82) is 0 Å². The van der Waals surface area contributed by atoms with E-state index in [9.17, 15) is 0 Å². The zero-order valence-corrected chi connectivity index (χ0v) is 15.1. The topological polar surface area (TPSA) is 0 Å². The Morgan fingerprint density at radius 2 is 1.00 bits per heavy atom. The summed E-state index contributed by atoms with van der Waals surface area (Å²) < 4.78 is 0. The van der Waals surface area contributed by atoms with Crippen molar-refractivity contribution < 1.29 is 0 Å². The standard InChI is InChI=1S/C22H34/c1-21(2)15-7-5-9-19(21)17-11-13-18(14-12-17)20-10-6-8-16-22(20,3)4/h11-14,19-20H,5-10,15-16H2,1-4H3. The fourth-order valence-corrected chi connectivity index (χ4v) is 5.18. The Hall–Kier alpha value is -0.780. The average molecular weight is 299 g/mol. The largest absolute Gasteiger partial charge is 0.0593 e. The molecule has 1 aromatic rings. The van der Waals surface area contributed by atoms with Crippen LogP contribution in [0.15, 0.2) is 24.3 Å². The lowest BCUT2D eigenvalue weighted by molar-refractivity contribution is 0.197. The predicted octanol–water partition coefficient (Wildman–Crippen LogP) is 7.05. The second-order valence-corrected chi connectivity index (χ2v) is 9.24. The van der Waals surface area contributed by atoms with Crippen LogP contribution >= 0.6 is 0 Å². The Labute approximate surface area is 137 Å². The first-order chi connectivity index (χ1) is 10.4. The summed E-state index contributed by atoms with van der Waals surface area (Å²) in [7, 11) is 0. The lowest BCUT2D eigenvalue weighted by Gasteiger charge is -2.40. The summed E-state index contributed by atoms with van der Waals surface area (Å²) in [6, 6.07) is 9.82. The quantitative estimate of drug-likeness (QED) is 0.548. The minimum atomic E-state index is 0.476. The Balaban J connectivity index is 1.80. The van der Waals surface area contributed by atoms with Crippen LogP contribution in [-0.2, 0) is 0 Å². The highest BCUT2D eigenvalue weighted by molar-refractivity contribution is 5.30. The number of hydrogen-bond donors (Lipinski definition) is 0. The minimum Gasteiger partial charge on any atom is -0.0593 e. The highest BCUT2D eigenvalue weighted by Gasteiger charge is 2.35. The molecule has 0 N–H and O–H groups in total. The summed E-state index contributed by atoms with van der Waals surface area (Å²) in [6.07, 6.45) is 11.2. The average Bonchev–Trinajstić information content (AvgIpc) is 2.47. The maximum Gasteiger partial charge on any atom is -0.0111 e. The van der Waals surface area contributed by atoms with E-state index in [1.165, 1.54) is 51.4 Å². The van der Waals surface area contributed by atoms with E-state index < -0.39 is 0 Å². The molecule has 0 spiro atoms. The predicted molar refractivity (Wildman–Crippen MR) is 96.4 cm³/mol. The van der Waals surface area contributed by atoms with Crippen LogP contribution in [0.5, 0.6) is 0 Å². The molecule has 2 saturated carbocycles. The summed E-state index contributed by atoms with van der Waals surface area (Å²) in [6.45, 7) is 9.87. The molecule has 3 rings (SSSR count). The van der Waals surface area contributed by atoms with Crippen LogP contribution in [0.2, 0.25) is 0 Å². The Morgan fingerprint density at radius 3 is 1.32 bits per heavy atom. The maximum atomic E-state index is 2.47. The molecule has 2 atom stereocenters. The van der Waals surface area contributed by atoms with Gasteiger partial charge in [-0.05, 0) is 59.5 Å². The molecule has 0 heteroatoms. The van der Waals surface area contributed by atoms with E-state index in [1.54, 1.807) is 11.1 Å². The molecule has 1 aromatic carbocycles. The van der Waals surface area contributed by atoms with Crippen LogP contribution in [0.25, 0.3) is 0 Å². The minimum absolute atomic E-state index is 0.476. The van der Waals surface area contributed by atoms with E-state index in [0.29, 0.717) is 10.8 Å². The van der Waals surface area contributed by atoms with E-state index in [1.807, 2.05) is 0 Å². The van der Waals surface area contributed by atoms with Crippen molar-refractivity contribution in [3.63, 3.8) is 0 Å². The van der Waals surface area contributed by atoms with Gasteiger partial charge >= 0.3 is 0 Å². The lowest BCUT2D eigenvalue weighted by Crippen LogP contribution is -2.27. The van der Waals surface area contributed by atoms with E-state index in [2.05, 4.69) is 52.0 Å². The Kier molecular flexibility index (Phi) is 4.40. The van der Waals surface area contributed by atoms with E-state index in [-0.39, 0.29) is 0 Å². The zero-order valence-electron chi connectivity index (χ0n) is 15.1. The third-order valence-corrected chi connectivity index (χ3v) is 6.76. The van der Waals surface area contributed by atoms with E-state index in [0.717, 1.165) is 11.8 Å². The smallest absolute Gasteiger partial charge is 0.0111 e. The molecule has 0 nitrogen and oxygen atoms in total. The molecule has 2 fully saturated rings. The van der Waals surface area contributed by atoms with E-state index >= 15 is 0 Å². The molecule has 122 valence electrons. The van der Waals surface area contributed by atoms with Crippen molar-refractivity contribution in [1.82, 2.24) is 0 Å². The third kappa shape index (κ3) is 3.12. The highest BCUT2D eigenvalue weighted by atomic mass is 14.4. The second-order valence-electron chi connectivity index (χ2n) is 9.24. The molecule has 0 aliphatic heterocycles. The number of hydrogen-bond acceptors (Lipinski definition) is 0. The van der Waals surface area contributed by atoms with Crippen molar-refractivity contribution >= 4 is 0 Å². The molecule has 0 aromatic heterocycles. The van der Waals surface area contributed by atoms with Crippen LogP contribution in [-0.4, -0.2) is 0 Å². The fourth-order valence-electron chi connectivity index (χ4n) is 5.18. The molecule has 2 aliphatic rings. The SMILES string of the molecule is CC1(C)CCCCC1c1ccc(C2CCCCC2(C)C)cc1. The zero-order chi connectivity index (χ0) is 15.8. The van der Waals surface area contributed by atoms with E-state index in [4.69, 9.17) is 0 Å². The maximum absolute atomic E-state index is 2.47. The normalized spacial score (nSPS) is 30.9. The van der Waals surface area contributed by atoms with Gasteiger partial charge in [0.2, 0.25) is 0 Å². The van der Waals surface area contributed by atoms with Gasteiger partial charge in [0, 0.05) is 0 Å². The van der Waals surface area contributed by atoms with Gasteiger partial charge in [-0.2, -0.15) is 0 Å². The van der Waals surface area contributed by atoms with Gasteiger partial charge in [-0.1, -0.05) is 77.6 Å².